The van der Waals surface area contributed by atoms with Crippen LogP contribution in [0.4, 0.5) is 4.39 Å². The van der Waals surface area contributed by atoms with Crippen LogP contribution in [-0.4, -0.2) is 5.91 Å². The zero-order valence-electron chi connectivity index (χ0n) is 7.39. The van der Waals surface area contributed by atoms with E-state index in [0.717, 1.165) is 0 Å². The molecule has 0 aromatic heterocycles. The van der Waals surface area contributed by atoms with Crippen LogP contribution in [0.15, 0.2) is 18.2 Å². The molecule has 0 bridgehead atoms. The van der Waals surface area contributed by atoms with Crippen LogP contribution in [-0.2, 0) is 10.2 Å². The number of carbonyl (C=O) groups excluding carboxylic acids is 1. The second-order valence-corrected chi connectivity index (χ2v) is 4.01. The first-order chi connectivity index (χ1) is 6.56. The number of primary amides is 1. The van der Waals surface area contributed by atoms with E-state index in [9.17, 15) is 9.18 Å². The Morgan fingerprint density at radius 2 is 2.14 bits per heavy atom. The predicted octanol–water partition coefficient (Wildman–Crippen LogP) is 2.00. The molecule has 0 unspecified atom stereocenters. The van der Waals surface area contributed by atoms with Gasteiger partial charge in [-0.05, 0) is 25.0 Å². The van der Waals surface area contributed by atoms with Crippen molar-refractivity contribution in [1.29, 1.82) is 0 Å². The van der Waals surface area contributed by atoms with Crippen molar-refractivity contribution in [2.24, 2.45) is 5.73 Å². The predicted molar refractivity (Wildman–Crippen MR) is 51.5 cm³/mol. The fraction of sp³-hybridized carbons (Fsp3) is 0.300. The van der Waals surface area contributed by atoms with E-state index in [4.69, 9.17) is 17.3 Å². The van der Waals surface area contributed by atoms with Crippen LogP contribution in [0.1, 0.15) is 18.4 Å². The van der Waals surface area contributed by atoms with E-state index in [0.29, 0.717) is 23.4 Å². The van der Waals surface area contributed by atoms with E-state index in [1.54, 1.807) is 6.07 Å². The minimum atomic E-state index is -0.769. The van der Waals surface area contributed by atoms with E-state index >= 15 is 0 Å². The first-order valence-electron chi connectivity index (χ1n) is 4.32. The van der Waals surface area contributed by atoms with Gasteiger partial charge in [0.25, 0.3) is 0 Å². The molecule has 4 heteroatoms. The first kappa shape index (κ1) is 9.46. The Hall–Kier alpha value is -1.09. The monoisotopic (exact) mass is 213 g/mol. The molecule has 2 nitrogen and oxygen atoms in total. The maximum absolute atomic E-state index is 13.5. The summed E-state index contributed by atoms with van der Waals surface area (Å²) >= 11 is 5.61. The van der Waals surface area contributed by atoms with Gasteiger partial charge in [0.1, 0.15) is 5.82 Å². The van der Waals surface area contributed by atoms with Crippen molar-refractivity contribution in [2.45, 2.75) is 18.3 Å². The summed E-state index contributed by atoms with van der Waals surface area (Å²) in [4.78, 5) is 11.1. The zero-order chi connectivity index (χ0) is 10.3. The maximum Gasteiger partial charge on any atom is 0.228 e. The van der Waals surface area contributed by atoms with Crippen molar-refractivity contribution in [1.82, 2.24) is 0 Å². The lowest BCUT2D eigenvalue weighted by Crippen LogP contribution is -2.29. The number of halogens is 2. The van der Waals surface area contributed by atoms with Gasteiger partial charge in [0, 0.05) is 10.6 Å². The minimum absolute atomic E-state index is 0.325. The number of benzene rings is 1. The summed E-state index contributed by atoms with van der Waals surface area (Å²) in [5, 5.41) is 0.325. The van der Waals surface area contributed by atoms with Gasteiger partial charge in [-0.2, -0.15) is 0 Å². The third kappa shape index (κ3) is 1.28. The standard InChI is InChI=1S/C10H9ClFNO/c11-6-1-2-7(8(12)5-6)10(3-4-10)9(13)14/h1-2,5H,3-4H2,(H2,13,14). The molecular weight excluding hydrogens is 205 g/mol. The van der Waals surface area contributed by atoms with E-state index < -0.39 is 17.1 Å². The molecule has 0 radical (unpaired) electrons. The number of carbonyl (C=O) groups is 1. The molecule has 0 spiro atoms. The van der Waals surface area contributed by atoms with Crippen LogP contribution in [0.25, 0.3) is 0 Å². The largest absolute Gasteiger partial charge is 0.369 e. The highest BCUT2D eigenvalue weighted by Gasteiger charge is 2.51. The van der Waals surface area contributed by atoms with Gasteiger partial charge in [-0.3, -0.25) is 4.79 Å². The Morgan fingerprint density at radius 3 is 2.57 bits per heavy atom. The molecule has 0 atom stereocenters. The van der Waals surface area contributed by atoms with Gasteiger partial charge in [0.05, 0.1) is 5.41 Å². The summed E-state index contributed by atoms with van der Waals surface area (Å²) in [6.07, 6.45) is 1.25. The summed E-state index contributed by atoms with van der Waals surface area (Å²) in [7, 11) is 0. The van der Waals surface area contributed by atoms with E-state index in [-0.39, 0.29) is 0 Å². The Bertz CT molecular complexity index is 401. The molecule has 0 aliphatic heterocycles. The van der Waals surface area contributed by atoms with E-state index in [2.05, 4.69) is 0 Å². The summed E-state index contributed by atoms with van der Waals surface area (Å²) < 4.78 is 13.5. The highest BCUT2D eigenvalue weighted by molar-refractivity contribution is 6.30. The fourth-order valence-electron chi connectivity index (χ4n) is 1.65. The van der Waals surface area contributed by atoms with Gasteiger partial charge in [-0.25, -0.2) is 4.39 Å². The molecule has 0 saturated heterocycles. The van der Waals surface area contributed by atoms with Crippen LogP contribution in [0.2, 0.25) is 5.02 Å². The second kappa shape index (κ2) is 2.95. The van der Waals surface area contributed by atoms with Crippen LogP contribution in [0.5, 0.6) is 0 Å². The van der Waals surface area contributed by atoms with E-state index in [1.165, 1.54) is 12.1 Å². The lowest BCUT2D eigenvalue weighted by Gasteiger charge is -2.12. The molecule has 1 aromatic carbocycles. The van der Waals surface area contributed by atoms with Crippen molar-refractivity contribution in [2.75, 3.05) is 0 Å². The van der Waals surface area contributed by atoms with Gasteiger partial charge in [-0.1, -0.05) is 17.7 Å². The lowest BCUT2D eigenvalue weighted by molar-refractivity contribution is -0.120. The number of amides is 1. The third-order valence-corrected chi connectivity index (χ3v) is 2.90. The van der Waals surface area contributed by atoms with Gasteiger partial charge >= 0.3 is 0 Å². The van der Waals surface area contributed by atoms with Crippen LogP contribution in [0, 0.1) is 5.82 Å². The van der Waals surface area contributed by atoms with Crippen LogP contribution >= 0.6 is 11.6 Å². The SMILES string of the molecule is NC(=O)C1(c2ccc(Cl)cc2F)CC1. The molecule has 1 aliphatic carbocycles. The Labute approximate surface area is 85.9 Å². The Morgan fingerprint density at radius 1 is 1.50 bits per heavy atom. The molecule has 0 heterocycles. The summed E-state index contributed by atoms with van der Waals surface area (Å²) in [6, 6.07) is 4.32. The quantitative estimate of drug-likeness (QED) is 0.802. The number of nitrogens with two attached hydrogens (primary N) is 1. The molecule has 1 aliphatic rings. The van der Waals surface area contributed by atoms with Gasteiger partial charge in [-0.15, -0.1) is 0 Å². The maximum atomic E-state index is 13.5. The average Bonchev–Trinajstić information content (AvgIpc) is 2.84. The van der Waals surface area contributed by atoms with Gasteiger partial charge in [0.2, 0.25) is 5.91 Å². The highest BCUT2D eigenvalue weighted by atomic mass is 35.5. The molecule has 1 aromatic rings. The Balaban J connectivity index is 2.47. The van der Waals surface area contributed by atoms with Crippen LogP contribution < -0.4 is 5.73 Å². The highest BCUT2D eigenvalue weighted by Crippen LogP contribution is 2.48. The van der Waals surface area contributed by atoms with Crippen molar-refractivity contribution < 1.29 is 9.18 Å². The number of rotatable bonds is 2. The summed E-state index contributed by atoms with van der Waals surface area (Å²) in [5.41, 5.74) is 4.83. The smallest absolute Gasteiger partial charge is 0.228 e. The Kier molecular flexibility index (Phi) is 2.00. The molecule has 2 rings (SSSR count). The lowest BCUT2D eigenvalue weighted by atomic mass is 9.95. The van der Waals surface area contributed by atoms with Gasteiger partial charge < -0.3 is 5.73 Å². The van der Waals surface area contributed by atoms with Crippen molar-refractivity contribution in [3.05, 3.63) is 34.6 Å². The van der Waals surface area contributed by atoms with Gasteiger partial charge in [0.15, 0.2) is 0 Å². The normalized spacial score (nSPS) is 17.9. The molecule has 2 N–H and O–H groups in total. The average molecular weight is 214 g/mol. The summed E-state index contributed by atoms with van der Waals surface area (Å²) in [5.74, 6) is -0.910. The second-order valence-electron chi connectivity index (χ2n) is 3.57. The van der Waals surface area contributed by atoms with Crippen molar-refractivity contribution >= 4 is 17.5 Å². The van der Waals surface area contributed by atoms with Crippen molar-refractivity contribution in [3.8, 4) is 0 Å². The summed E-state index contributed by atoms with van der Waals surface area (Å²) in [6.45, 7) is 0. The number of hydrogen-bond acceptors (Lipinski definition) is 1. The number of hydrogen-bond donors (Lipinski definition) is 1. The van der Waals surface area contributed by atoms with Crippen LogP contribution in [0.3, 0.4) is 0 Å². The molecule has 1 saturated carbocycles. The minimum Gasteiger partial charge on any atom is -0.369 e. The molecule has 14 heavy (non-hydrogen) atoms. The molecular formula is C10H9ClFNO. The molecule has 1 fully saturated rings. The molecule has 1 amide bonds. The third-order valence-electron chi connectivity index (χ3n) is 2.67. The first-order valence-corrected chi connectivity index (χ1v) is 4.69. The van der Waals surface area contributed by atoms with E-state index in [1.807, 2.05) is 0 Å². The fourth-order valence-corrected chi connectivity index (χ4v) is 1.81. The topological polar surface area (TPSA) is 43.1 Å². The zero-order valence-corrected chi connectivity index (χ0v) is 8.14. The molecule has 74 valence electrons. The van der Waals surface area contributed by atoms with Crippen molar-refractivity contribution in [3.63, 3.8) is 0 Å².